The zero-order valence-corrected chi connectivity index (χ0v) is 9.49. The van der Waals surface area contributed by atoms with Crippen LogP contribution in [-0.4, -0.2) is 35.3 Å². The Labute approximate surface area is 85.5 Å². The standard InChI is InChI=1S/C10H21NOS/c1-3-9(12)7-11-8-10(13-2)5-4-6-10/h9,11-12H,3-8H2,1-2H3. The maximum absolute atomic E-state index is 9.35. The molecule has 1 saturated carbocycles. The molecule has 0 aliphatic heterocycles. The van der Waals surface area contributed by atoms with Crippen LogP contribution in [0.25, 0.3) is 0 Å². The first-order valence-electron chi connectivity index (χ1n) is 5.16. The van der Waals surface area contributed by atoms with Crippen molar-refractivity contribution in [3.63, 3.8) is 0 Å². The maximum Gasteiger partial charge on any atom is 0.0662 e. The van der Waals surface area contributed by atoms with Gasteiger partial charge in [-0.2, -0.15) is 11.8 Å². The molecule has 1 rings (SSSR count). The number of nitrogens with one attached hydrogen (secondary N) is 1. The van der Waals surface area contributed by atoms with Gasteiger partial charge in [0.2, 0.25) is 0 Å². The van der Waals surface area contributed by atoms with Crippen molar-refractivity contribution in [2.24, 2.45) is 0 Å². The molecule has 2 N–H and O–H groups in total. The summed E-state index contributed by atoms with van der Waals surface area (Å²) in [5, 5.41) is 12.7. The van der Waals surface area contributed by atoms with Crippen LogP contribution in [0.3, 0.4) is 0 Å². The second-order valence-electron chi connectivity index (χ2n) is 3.93. The average Bonchev–Trinajstić information content (AvgIpc) is 2.09. The fraction of sp³-hybridized carbons (Fsp3) is 1.00. The van der Waals surface area contributed by atoms with E-state index in [0.29, 0.717) is 4.75 Å². The van der Waals surface area contributed by atoms with Gasteiger partial charge in [0.25, 0.3) is 0 Å². The van der Waals surface area contributed by atoms with Gasteiger partial charge < -0.3 is 10.4 Å². The van der Waals surface area contributed by atoms with Crippen molar-refractivity contribution in [2.45, 2.75) is 43.5 Å². The number of hydrogen-bond acceptors (Lipinski definition) is 3. The summed E-state index contributed by atoms with van der Waals surface area (Å²) in [6.07, 6.45) is 6.92. The van der Waals surface area contributed by atoms with Gasteiger partial charge in [-0.1, -0.05) is 13.3 Å². The van der Waals surface area contributed by atoms with Crippen molar-refractivity contribution in [2.75, 3.05) is 19.3 Å². The Hall–Kier alpha value is 0.270. The molecule has 0 aromatic rings. The normalized spacial score (nSPS) is 22.4. The van der Waals surface area contributed by atoms with Crippen LogP contribution in [-0.2, 0) is 0 Å². The number of rotatable bonds is 6. The second-order valence-corrected chi connectivity index (χ2v) is 5.21. The largest absolute Gasteiger partial charge is 0.392 e. The predicted octanol–water partition coefficient (Wildman–Crippen LogP) is 1.63. The molecule has 1 atom stereocenters. The molecule has 1 aliphatic carbocycles. The Morgan fingerprint density at radius 3 is 2.62 bits per heavy atom. The molecule has 0 aromatic carbocycles. The van der Waals surface area contributed by atoms with Gasteiger partial charge in [0.05, 0.1) is 6.10 Å². The highest BCUT2D eigenvalue weighted by Crippen LogP contribution is 2.42. The molecule has 13 heavy (non-hydrogen) atoms. The Morgan fingerprint density at radius 2 is 2.23 bits per heavy atom. The van der Waals surface area contributed by atoms with E-state index in [1.54, 1.807) is 0 Å². The van der Waals surface area contributed by atoms with E-state index in [1.807, 2.05) is 18.7 Å². The SMILES string of the molecule is CCC(O)CNCC1(SC)CCC1. The highest BCUT2D eigenvalue weighted by molar-refractivity contribution is 8.00. The maximum atomic E-state index is 9.35. The molecule has 0 amide bonds. The lowest BCUT2D eigenvalue weighted by Crippen LogP contribution is -2.45. The van der Waals surface area contributed by atoms with E-state index in [4.69, 9.17) is 0 Å². The Kier molecular flexibility index (Phi) is 4.56. The highest BCUT2D eigenvalue weighted by Gasteiger charge is 2.35. The van der Waals surface area contributed by atoms with Crippen LogP contribution in [0.15, 0.2) is 0 Å². The molecule has 78 valence electrons. The molecule has 0 saturated heterocycles. The zero-order valence-electron chi connectivity index (χ0n) is 8.68. The first-order chi connectivity index (χ1) is 6.22. The fourth-order valence-electron chi connectivity index (χ4n) is 1.64. The van der Waals surface area contributed by atoms with Gasteiger partial charge in [-0.3, -0.25) is 0 Å². The van der Waals surface area contributed by atoms with Gasteiger partial charge >= 0.3 is 0 Å². The van der Waals surface area contributed by atoms with Crippen molar-refractivity contribution in [1.29, 1.82) is 0 Å². The topological polar surface area (TPSA) is 32.3 Å². The lowest BCUT2D eigenvalue weighted by atomic mass is 9.84. The van der Waals surface area contributed by atoms with Gasteiger partial charge in [0.15, 0.2) is 0 Å². The molecule has 0 radical (unpaired) electrons. The minimum atomic E-state index is -0.168. The molecular weight excluding hydrogens is 182 g/mol. The quantitative estimate of drug-likeness (QED) is 0.688. The first kappa shape index (κ1) is 11.3. The van der Waals surface area contributed by atoms with Crippen molar-refractivity contribution in [3.8, 4) is 0 Å². The predicted molar refractivity (Wildman–Crippen MR) is 59.3 cm³/mol. The summed E-state index contributed by atoms with van der Waals surface area (Å²) >= 11 is 1.97. The molecule has 0 aromatic heterocycles. The van der Waals surface area contributed by atoms with E-state index >= 15 is 0 Å². The van der Waals surface area contributed by atoms with Crippen molar-refractivity contribution in [1.82, 2.24) is 5.32 Å². The van der Waals surface area contributed by atoms with Gasteiger partial charge in [0.1, 0.15) is 0 Å². The van der Waals surface area contributed by atoms with Crippen LogP contribution in [0.5, 0.6) is 0 Å². The monoisotopic (exact) mass is 203 g/mol. The molecule has 1 aliphatic rings. The zero-order chi connectivity index (χ0) is 9.73. The van der Waals surface area contributed by atoms with Crippen LogP contribution in [0, 0.1) is 0 Å². The molecular formula is C10H21NOS. The fourth-order valence-corrected chi connectivity index (χ4v) is 2.58. The molecule has 0 heterocycles. The molecule has 2 nitrogen and oxygen atoms in total. The third kappa shape index (κ3) is 3.15. The van der Waals surface area contributed by atoms with Crippen LogP contribution < -0.4 is 5.32 Å². The summed E-state index contributed by atoms with van der Waals surface area (Å²) in [7, 11) is 0. The minimum Gasteiger partial charge on any atom is -0.392 e. The Morgan fingerprint density at radius 1 is 1.54 bits per heavy atom. The van der Waals surface area contributed by atoms with E-state index in [2.05, 4.69) is 11.6 Å². The first-order valence-corrected chi connectivity index (χ1v) is 6.39. The average molecular weight is 203 g/mol. The van der Waals surface area contributed by atoms with Crippen LogP contribution in [0.4, 0.5) is 0 Å². The lowest BCUT2D eigenvalue weighted by Gasteiger charge is -2.40. The highest BCUT2D eigenvalue weighted by atomic mass is 32.2. The van der Waals surface area contributed by atoms with Crippen molar-refractivity contribution < 1.29 is 5.11 Å². The number of hydrogen-bond donors (Lipinski definition) is 2. The summed E-state index contributed by atoms with van der Waals surface area (Å²) in [6.45, 7) is 3.82. The summed E-state index contributed by atoms with van der Waals surface area (Å²) in [5.74, 6) is 0. The lowest BCUT2D eigenvalue weighted by molar-refractivity contribution is 0.164. The summed E-state index contributed by atoms with van der Waals surface area (Å²) in [5.41, 5.74) is 0. The van der Waals surface area contributed by atoms with E-state index in [9.17, 15) is 5.11 Å². The number of aliphatic hydroxyl groups is 1. The van der Waals surface area contributed by atoms with E-state index in [-0.39, 0.29) is 6.10 Å². The number of thioether (sulfide) groups is 1. The molecule has 3 heteroatoms. The van der Waals surface area contributed by atoms with Crippen molar-refractivity contribution >= 4 is 11.8 Å². The van der Waals surface area contributed by atoms with Crippen LogP contribution >= 0.6 is 11.8 Å². The Balaban J connectivity index is 2.10. The Bertz CT molecular complexity index is 142. The van der Waals surface area contributed by atoms with Gasteiger partial charge in [0, 0.05) is 17.8 Å². The molecule has 1 fully saturated rings. The molecule has 1 unspecified atom stereocenters. The summed E-state index contributed by atoms with van der Waals surface area (Å²) < 4.78 is 0.494. The smallest absolute Gasteiger partial charge is 0.0662 e. The third-order valence-corrected chi connectivity index (χ3v) is 4.41. The molecule has 0 bridgehead atoms. The summed E-state index contributed by atoms with van der Waals surface area (Å²) in [4.78, 5) is 0. The second kappa shape index (κ2) is 5.23. The van der Waals surface area contributed by atoms with Gasteiger partial charge in [-0.25, -0.2) is 0 Å². The van der Waals surface area contributed by atoms with Crippen LogP contribution in [0.2, 0.25) is 0 Å². The molecule has 0 spiro atoms. The summed E-state index contributed by atoms with van der Waals surface area (Å²) in [6, 6.07) is 0. The van der Waals surface area contributed by atoms with Gasteiger partial charge in [-0.05, 0) is 25.5 Å². The van der Waals surface area contributed by atoms with Gasteiger partial charge in [-0.15, -0.1) is 0 Å². The van der Waals surface area contributed by atoms with Crippen molar-refractivity contribution in [3.05, 3.63) is 0 Å². The van der Waals surface area contributed by atoms with Crippen LogP contribution in [0.1, 0.15) is 32.6 Å². The van der Waals surface area contributed by atoms with E-state index in [0.717, 1.165) is 19.5 Å². The van der Waals surface area contributed by atoms with E-state index in [1.165, 1.54) is 19.3 Å². The van der Waals surface area contributed by atoms with E-state index < -0.39 is 0 Å². The number of aliphatic hydroxyl groups excluding tert-OH is 1. The minimum absolute atomic E-state index is 0.168. The third-order valence-electron chi connectivity index (χ3n) is 3.00.